The Morgan fingerprint density at radius 2 is 2.20 bits per heavy atom. The number of alkyl halides is 2. The monoisotopic (exact) mass is 283 g/mol. The van der Waals surface area contributed by atoms with Gasteiger partial charge in [-0.1, -0.05) is 6.07 Å². The van der Waals surface area contributed by atoms with Crippen LogP contribution in [0.15, 0.2) is 24.4 Å². The lowest BCUT2D eigenvalue weighted by Gasteiger charge is -2.08. The number of anilines is 1. The van der Waals surface area contributed by atoms with Crippen LogP contribution in [0.1, 0.15) is 17.8 Å². The molecule has 20 heavy (non-hydrogen) atoms. The predicted molar refractivity (Wildman–Crippen MR) is 70.2 cm³/mol. The summed E-state index contributed by atoms with van der Waals surface area (Å²) in [4.78, 5) is 0. The highest BCUT2D eigenvalue weighted by atomic mass is 19.3. The Kier molecular flexibility index (Phi) is 4.07. The van der Waals surface area contributed by atoms with Crippen LogP contribution >= 0.6 is 0 Å². The minimum atomic E-state index is -2.65. The second-order valence-electron chi connectivity index (χ2n) is 4.25. The number of rotatable bonds is 5. The van der Waals surface area contributed by atoms with Gasteiger partial charge in [-0.2, -0.15) is 13.9 Å². The highest BCUT2D eigenvalue weighted by molar-refractivity contribution is 5.47. The van der Waals surface area contributed by atoms with Gasteiger partial charge in [-0.05, 0) is 24.6 Å². The second kappa shape index (κ2) is 5.77. The van der Waals surface area contributed by atoms with Gasteiger partial charge in [-0.3, -0.25) is 0 Å². The van der Waals surface area contributed by atoms with E-state index in [1.54, 1.807) is 19.1 Å². The third kappa shape index (κ3) is 2.98. The predicted octanol–water partition coefficient (Wildman–Crippen LogP) is 2.91. The second-order valence-corrected chi connectivity index (χ2v) is 4.25. The molecule has 5 nitrogen and oxygen atoms in total. The van der Waals surface area contributed by atoms with Crippen molar-refractivity contribution < 1.29 is 18.6 Å². The summed E-state index contributed by atoms with van der Waals surface area (Å²) in [5, 5.41) is 16.2. The first-order chi connectivity index (χ1) is 9.51. The number of phenols is 1. The van der Waals surface area contributed by atoms with Crippen LogP contribution in [0.4, 0.5) is 14.5 Å². The molecule has 0 atom stereocenters. The third-order valence-electron chi connectivity index (χ3n) is 2.84. The smallest absolute Gasteiger partial charge is 0.333 e. The van der Waals surface area contributed by atoms with Crippen LogP contribution < -0.4 is 10.1 Å². The molecule has 0 amide bonds. The number of aromatic nitrogens is 2. The minimum absolute atomic E-state index is 0.0537. The van der Waals surface area contributed by atoms with Crippen LogP contribution in [0.25, 0.3) is 0 Å². The molecule has 0 aliphatic heterocycles. The molecule has 1 heterocycles. The van der Waals surface area contributed by atoms with Crippen molar-refractivity contribution >= 4 is 5.69 Å². The van der Waals surface area contributed by atoms with E-state index >= 15 is 0 Å². The number of hydrogen-bond acceptors (Lipinski definition) is 4. The van der Waals surface area contributed by atoms with E-state index in [-0.39, 0.29) is 5.75 Å². The number of nitrogens with zero attached hydrogens (tertiary/aromatic N) is 2. The Hall–Kier alpha value is -2.31. The van der Waals surface area contributed by atoms with E-state index in [0.29, 0.717) is 28.4 Å². The highest BCUT2D eigenvalue weighted by Crippen LogP contribution is 2.27. The summed E-state index contributed by atoms with van der Waals surface area (Å²) >= 11 is 0. The zero-order valence-electron chi connectivity index (χ0n) is 11.1. The topological polar surface area (TPSA) is 59.3 Å². The lowest BCUT2D eigenvalue weighted by atomic mass is 10.2. The fraction of sp³-hybridized carbons (Fsp3) is 0.308. The molecule has 1 aromatic heterocycles. The summed E-state index contributed by atoms with van der Waals surface area (Å²) in [6, 6.07) is 4.91. The molecule has 2 N–H and O–H groups in total. The molecule has 0 bridgehead atoms. The average molecular weight is 283 g/mol. The van der Waals surface area contributed by atoms with Gasteiger partial charge in [0.15, 0.2) is 11.5 Å². The summed E-state index contributed by atoms with van der Waals surface area (Å²) in [6.45, 7) is -0.594. The molecule has 0 unspecified atom stereocenters. The van der Waals surface area contributed by atoms with Crippen LogP contribution in [0.2, 0.25) is 0 Å². The van der Waals surface area contributed by atoms with Crippen LogP contribution in [0.3, 0.4) is 0 Å². The first kappa shape index (κ1) is 14.1. The number of hydrogen-bond donors (Lipinski definition) is 2. The van der Waals surface area contributed by atoms with E-state index < -0.39 is 6.55 Å². The Morgan fingerprint density at radius 1 is 1.45 bits per heavy atom. The largest absolute Gasteiger partial charge is 0.504 e. The van der Waals surface area contributed by atoms with Crippen molar-refractivity contribution in [3.8, 4) is 11.5 Å². The number of phenolic OH excluding ortho intramolecular Hbond substituents is 1. The lowest BCUT2D eigenvalue weighted by Crippen LogP contribution is -2.00. The van der Waals surface area contributed by atoms with Gasteiger partial charge < -0.3 is 15.2 Å². The van der Waals surface area contributed by atoms with E-state index in [4.69, 9.17) is 4.74 Å². The SMILES string of the molecule is COc1cc(CNc2cn(C(F)F)nc2C)ccc1O. The van der Waals surface area contributed by atoms with Gasteiger partial charge in [0.1, 0.15) is 0 Å². The van der Waals surface area contributed by atoms with Crippen LogP contribution in [-0.2, 0) is 6.54 Å². The van der Waals surface area contributed by atoms with Gasteiger partial charge in [0.25, 0.3) is 0 Å². The number of benzene rings is 1. The van der Waals surface area contributed by atoms with Gasteiger partial charge in [0.05, 0.1) is 24.7 Å². The lowest BCUT2D eigenvalue weighted by molar-refractivity contribution is 0.0563. The number of halogens is 2. The van der Waals surface area contributed by atoms with Crippen molar-refractivity contribution in [1.29, 1.82) is 0 Å². The number of aromatic hydroxyl groups is 1. The van der Waals surface area contributed by atoms with Crippen LogP contribution in [0.5, 0.6) is 11.5 Å². The van der Waals surface area contributed by atoms with Gasteiger partial charge >= 0.3 is 6.55 Å². The summed E-state index contributed by atoms with van der Waals surface area (Å²) in [6.07, 6.45) is 1.26. The summed E-state index contributed by atoms with van der Waals surface area (Å²) in [5.74, 6) is 0.419. The molecule has 0 aliphatic rings. The number of aryl methyl sites for hydroxylation is 1. The van der Waals surface area contributed by atoms with Crippen LogP contribution in [0, 0.1) is 6.92 Å². The van der Waals surface area contributed by atoms with E-state index in [1.807, 2.05) is 0 Å². The Labute approximate surface area is 114 Å². The van der Waals surface area contributed by atoms with Crippen molar-refractivity contribution in [2.45, 2.75) is 20.0 Å². The maximum Gasteiger partial charge on any atom is 0.333 e. The number of nitrogens with one attached hydrogen (secondary N) is 1. The fourth-order valence-electron chi connectivity index (χ4n) is 1.78. The standard InChI is InChI=1S/C13H15F2N3O2/c1-8-10(7-18(17-8)13(14)15)16-6-9-3-4-11(19)12(5-9)20-2/h3-5,7,13,16,19H,6H2,1-2H3. The van der Waals surface area contributed by atoms with Crippen molar-refractivity contribution in [2.75, 3.05) is 12.4 Å². The highest BCUT2D eigenvalue weighted by Gasteiger charge is 2.11. The van der Waals surface area contributed by atoms with Crippen LogP contribution in [-0.4, -0.2) is 22.0 Å². The van der Waals surface area contributed by atoms with Gasteiger partial charge in [-0.25, -0.2) is 4.68 Å². The van der Waals surface area contributed by atoms with Crippen molar-refractivity contribution in [3.63, 3.8) is 0 Å². The van der Waals surface area contributed by atoms with Crippen molar-refractivity contribution in [2.24, 2.45) is 0 Å². The van der Waals surface area contributed by atoms with Crippen molar-refractivity contribution in [1.82, 2.24) is 9.78 Å². The fourth-order valence-corrected chi connectivity index (χ4v) is 1.78. The summed E-state index contributed by atoms with van der Waals surface area (Å²) in [5.41, 5.74) is 1.89. The molecule has 0 saturated heterocycles. The van der Waals surface area contributed by atoms with Gasteiger partial charge in [0.2, 0.25) is 0 Å². The molecule has 0 saturated carbocycles. The normalized spacial score (nSPS) is 10.8. The molecule has 2 rings (SSSR count). The first-order valence-corrected chi connectivity index (χ1v) is 5.95. The quantitative estimate of drug-likeness (QED) is 0.885. The third-order valence-corrected chi connectivity index (χ3v) is 2.84. The zero-order chi connectivity index (χ0) is 14.7. The Bertz CT molecular complexity index is 599. The van der Waals surface area contributed by atoms with E-state index in [1.165, 1.54) is 19.4 Å². The molecular formula is C13H15F2N3O2. The number of ether oxygens (including phenoxy) is 1. The molecule has 0 aliphatic carbocycles. The van der Waals surface area contributed by atoms with Gasteiger partial charge in [-0.15, -0.1) is 0 Å². The molecule has 7 heteroatoms. The maximum absolute atomic E-state index is 12.5. The molecule has 0 spiro atoms. The molecule has 2 aromatic rings. The maximum atomic E-state index is 12.5. The van der Waals surface area contributed by atoms with Gasteiger partial charge in [0, 0.05) is 6.54 Å². The van der Waals surface area contributed by atoms with E-state index in [0.717, 1.165) is 5.56 Å². The molecule has 0 fully saturated rings. The van der Waals surface area contributed by atoms with Crippen molar-refractivity contribution in [3.05, 3.63) is 35.7 Å². The first-order valence-electron chi connectivity index (χ1n) is 5.95. The Balaban J connectivity index is 2.08. The molecule has 0 radical (unpaired) electrons. The molecule has 1 aromatic carbocycles. The summed E-state index contributed by atoms with van der Waals surface area (Å²) in [7, 11) is 1.46. The zero-order valence-corrected chi connectivity index (χ0v) is 11.1. The number of methoxy groups -OCH3 is 1. The van der Waals surface area contributed by atoms with E-state index in [2.05, 4.69) is 10.4 Å². The molecule has 108 valence electrons. The average Bonchev–Trinajstić information content (AvgIpc) is 2.79. The minimum Gasteiger partial charge on any atom is -0.504 e. The molecular weight excluding hydrogens is 268 g/mol. The summed E-state index contributed by atoms with van der Waals surface area (Å²) < 4.78 is 30.6. The Morgan fingerprint density at radius 3 is 2.80 bits per heavy atom. The van der Waals surface area contributed by atoms with E-state index in [9.17, 15) is 13.9 Å².